The summed E-state index contributed by atoms with van der Waals surface area (Å²) in [6, 6.07) is 13.6. The van der Waals surface area contributed by atoms with Crippen LogP contribution in [0.2, 0.25) is 0 Å². The zero-order chi connectivity index (χ0) is 22.4. The number of fused-ring (bicyclic) bond motifs is 7. The lowest BCUT2D eigenvalue weighted by Gasteiger charge is -2.34. The molecule has 2 aromatic carbocycles. The van der Waals surface area contributed by atoms with Gasteiger partial charge in [0.1, 0.15) is 17.9 Å². The van der Waals surface area contributed by atoms with Crippen LogP contribution in [-0.4, -0.2) is 36.9 Å². The largest absolute Gasteiger partial charge is 0.315 e. The maximum absolute atomic E-state index is 14.1. The van der Waals surface area contributed by atoms with Crippen molar-refractivity contribution < 1.29 is 19.3 Å². The third-order valence-electron chi connectivity index (χ3n) is 8.43. The van der Waals surface area contributed by atoms with Crippen molar-refractivity contribution in [2.24, 2.45) is 11.8 Å². The quantitative estimate of drug-likeness (QED) is 0.739. The number of carbonyl (C=O) groups excluding carboxylic acids is 3. The van der Waals surface area contributed by atoms with Crippen molar-refractivity contribution in [1.82, 2.24) is 0 Å². The van der Waals surface area contributed by atoms with E-state index >= 15 is 0 Å². The highest BCUT2D eigenvalue weighted by Gasteiger charge is 2.79. The van der Waals surface area contributed by atoms with Gasteiger partial charge in [0.2, 0.25) is 17.4 Å². The van der Waals surface area contributed by atoms with Crippen LogP contribution in [-0.2, 0) is 19.9 Å². The number of imide groups is 1. The second-order valence-corrected chi connectivity index (χ2v) is 9.68. The molecular formula is C26H28N3O3+. The van der Waals surface area contributed by atoms with E-state index in [9.17, 15) is 14.4 Å². The van der Waals surface area contributed by atoms with Crippen LogP contribution < -0.4 is 14.7 Å². The summed E-state index contributed by atoms with van der Waals surface area (Å²) in [6.07, 6.45) is 1.84. The lowest BCUT2D eigenvalue weighted by molar-refractivity contribution is -0.948. The van der Waals surface area contributed by atoms with Crippen LogP contribution in [0.15, 0.2) is 42.5 Å². The number of rotatable bonds is 2. The number of benzene rings is 2. The van der Waals surface area contributed by atoms with Gasteiger partial charge in [-0.3, -0.25) is 14.4 Å². The molecule has 6 nitrogen and oxygen atoms in total. The minimum absolute atomic E-state index is 0.00167. The number of hydrogen-bond acceptors (Lipinski definition) is 3. The Bertz CT molecular complexity index is 1190. The molecule has 1 spiro atoms. The second-order valence-electron chi connectivity index (χ2n) is 9.68. The summed E-state index contributed by atoms with van der Waals surface area (Å²) in [5.41, 5.74) is 3.60. The maximum atomic E-state index is 14.1. The number of para-hydroxylation sites is 1. The fourth-order valence-corrected chi connectivity index (χ4v) is 7.03. The lowest BCUT2D eigenvalue weighted by Crippen LogP contribution is -3.20. The van der Waals surface area contributed by atoms with Crippen LogP contribution in [0.1, 0.15) is 36.5 Å². The molecule has 4 aliphatic heterocycles. The van der Waals surface area contributed by atoms with E-state index in [4.69, 9.17) is 0 Å². The van der Waals surface area contributed by atoms with E-state index in [-0.39, 0.29) is 23.8 Å². The summed E-state index contributed by atoms with van der Waals surface area (Å²) in [4.78, 5) is 46.3. The number of amides is 3. The molecule has 4 aliphatic rings. The molecule has 32 heavy (non-hydrogen) atoms. The fraction of sp³-hybridized carbons (Fsp3) is 0.423. The topological polar surface area (TPSA) is 62.1 Å². The van der Waals surface area contributed by atoms with E-state index in [1.165, 1.54) is 4.90 Å². The predicted molar refractivity (Wildman–Crippen MR) is 120 cm³/mol. The average molecular weight is 431 g/mol. The molecule has 0 aromatic heterocycles. The van der Waals surface area contributed by atoms with Crippen molar-refractivity contribution in [3.8, 4) is 0 Å². The van der Waals surface area contributed by atoms with Crippen molar-refractivity contribution in [1.29, 1.82) is 0 Å². The van der Waals surface area contributed by atoms with Crippen LogP contribution in [0.25, 0.3) is 0 Å². The first-order chi connectivity index (χ1) is 15.4. The van der Waals surface area contributed by atoms with Gasteiger partial charge in [0, 0.05) is 24.9 Å². The average Bonchev–Trinajstić information content (AvgIpc) is 3.48. The maximum Gasteiger partial charge on any atom is 0.294 e. The molecule has 3 amide bonds. The minimum Gasteiger partial charge on any atom is -0.315 e. The minimum atomic E-state index is -1.00. The Morgan fingerprint density at radius 1 is 1.03 bits per heavy atom. The Labute approximate surface area is 187 Å². The molecule has 0 saturated carbocycles. The molecular weight excluding hydrogens is 402 g/mol. The summed E-state index contributed by atoms with van der Waals surface area (Å²) >= 11 is 0. The first-order valence-electron chi connectivity index (χ1n) is 11.7. The number of nitrogens with one attached hydrogen (secondary N) is 1. The summed E-state index contributed by atoms with van der Waals surface area (Å²) in [6.45, 7) is 7.35. The van der Waals surface area contributed by atoms with E-state index in [2.05, 4.69) is 0 Å². The van der Waals surface area contributed by atoms with Gasteiger partial charge in [-0.2, -0.15) is 0 Å². The van der Waals surface area contributed by atoms with Crippen LogP contribution in [0.4, 0.5) is 11.4 Å². The summed E-state index contributed by atoms with van der Waals surface area (Å²) in [5.74, 6) is -1.47. The molecule has 0 radical (unpaired) electrons. The summed E-state index contributed by atoms with van der Waals surface area (Å²) in [5, 5.41) is 0. The number of anilines is 2. The van der Waals surface area contributed by atoms with Gasteiger partial charge in [-0.15, -0.1) is 0 Å². The molecule has 1 unspecified atom stereocenters. The third-order valence-corrected chi connectivity index (χ3v) is 8.43. The summed E-state index contributed by atoms with van der Waals surface area (Å²) in [7, 11) is 0. The molecule has 2 aromatic rings. The van der Waals surface area contributed by atoms with Crippen molar-refractivity contribution in [3.63, 3.8) is 0 Å². The first-order valence-corrected chi connectivity index (χ1v) is 11.7. The van der Waals surface area contributed by atoms with Gasteiger partial charge in [-0.05, 0) is 50.1 Å². The Kier molecular flexibility index (Phi) is 4.01. The van der Waals surface area contributed by atoms with Gasteiger partial charge in [0.15, 0.2) is 0 Å². The molecule has 3 saturated heterocycles. The van der Waals surface area contributed by atoms with Gasteiger partial charge in [0.05, 0.1) is 17.9 Å². The number of nitrogens with zero attached hydrogens (tertiary/aromatic N) is 2. The molecule has 4 heterocycles. The molecule has 6 rings (SSSR count). The second kappa shape index (κ2) is 6.51. The number of carbonyl (C=O) groups is 3. The normalized spacial score (nSPS) is 32.8. The molecule has 1 N–H and O–H groups in total. The highest BCUT2D eigenvalue weighted by molar-refractivity contribution is 6.25. The van der Waals surface area contributed by atoms with Crippen LogP contribution in [0.3, 0.4) is 0 Å². The number of hydrogen-bond donors (Lipinski definition) is 1. The monoisotopic (exact) mass is 430 g/mol. The van der Waals surface area contributed by atoms with Gasteiger partial charge in [-0.25, -0.2) is 4.90 Å². The number of quaternary nitrogens is 1. The Morgan fingerprint density at radius 3 is 2.56 bits per heavy atom. The molecule has 0 aliphatic carbocycles. The number of likely N-dealkylation sites (N-methyl/N-ethyl adjacent to an activating group) is 1. The zero-order valence-electron chi connectivity index (χ0n) is 18.7. The predicted octanol–water partition coefficient (Wildman–Crippen LogP) is 1.73. The molecule has 6 heteroatoms. The van der Waals surface area contributed by atoms with E-state index in [1.807, 2.05) is 68.1 Å². The van der Waals surface area contributed by atoms with Gasteiger partial charge in [-0.1, -0.05) is 24.3 Å². The molecule has 164 valence electrons. The highest BCUT2D eigenvalue weighted by atomic mass is 16.2. The van der Waals surface area contributed by atoms with Gasteiger partial charge < -0.3 is 9.80 Å². The fourth-order valence-electron chi connectivity index (χ4n) is 7.03. The standard InChI is InChI=1S/C26H27N3O3/c1-4-27-19-9-6-5-8-18(19)26(25(27)32)22-21(20-10-7-13-28(20)26)23(30)29(24(22)31)17-12-11-15(2)16(3)14-17/h5-6,8-9,11-12,14,20-22H,4,7,10,13H2,1-3H3/p+1/t20-,21+,22-,26-/m0/s1. The van der Waals surface area contributed by atoms with Crippen molar-refractivity contribution in [2.75, 3.05) is 22.9 Å². The van der Waals surface area contributed by atoms with E-state index < -0.39 is 17.4 Å². The van der Waals surface area contributed by atoms with E-state index in [0.29, 0.717) is 12.2 Å². The zero-order valence-corrected chi connectivity index (χ0v) is 18.7. The Hall–Kier alpha value is -2.99. The summed E-state index contributed by atoms with van der Waals surface area (Å²) < 4.78 is 0. The molecule has 5 atom stereocenters. The highest BCUT2D eigenvalue weighted by Crippen LogP contribution is 2.53. The van der Waals surface area contributed by atoms with E-state index in [0.717, 1.165) is 46.7 Å². The third kappa shape index (κ3) is 2.11. The van der Waals surface area contributed by atoms with E-state index in [1.54, 1.807) is 0 Å². The molecule has 0 bridgehead atoms. The Morgan fingerprint density at radius 2 is 1.81 bits per heavy atom. The number of aryl methyl sites for hydroxylation is 2. The van der Waals surface area contributed by atoms with Gasteiger partial charge >= 0.3 is 0 Å². The molecule has 3 fully saturated rings. The first kappa shape index (κ1) is 19.7. The van der Waals surface area contributed by atoms with Gasteiger partial charge in [0.25, 0.3) is 5.91 Å². The SMILES string of the molecule is CCN1C(=O)[C@]2(c3ccccc31)[C@@H]1C(=O)N(c3ccc(C)c(C)c3)C(=O)[C@@H]1[C@@H]1CCC[NH+]12. The van der Waals surface area contributed by atoms with Crippen molar-refractivity contribution in [2.45, 2.75) is 45.2 Å². The lowest BCUT2D eigenvalue weighted by atomic mass is 9.75. The van der Waals surface area contributed by atoms with Crippen LogP contribution in [0, 0.1) is 25.7 Å². The van der Waals surface area contributed by atoms with Crippen molar-refractivity contribution >= 4 is 29.1 Å². The van der Waals surface area contributed by atoms with Crippen molar-refractivity contribution in [3.05, 3.63) is 59.2 Å². The van der Waals surface area contributed by atoms with Crippen LogP contribution >= 0.6 is 0 Å². The Balaban J connectivity index is 1.56. The smallest absolute Gasteiger partial charge is 0.294 e. The van der Waals surface area contributed by atoms with Crippen LogP contribution in [0.5, 0.6) is 0 Å².